The van der Waals surface area contributed by atoms with Gasteiger partial charge in [-0.2, -0.15) is 6.42 Å². The fraction of sp³-hybridized carbons (Fsp3) is 0.0580. The first-order valence-electron chi connectivity index (χ1n) is 25.5. The van der Waals surface area contributed by atoms with Gasteiger partial charge in [0.25, 0.3) is 0 Å². The van der Waals surface area contributed by atoms with Crippen LogP contribution < -0.4 is 50.0 Å². The third-order valence-corrected chi connectivity index (χ3v) is 26.5. The first-order valence-corrected chi connectivity index (χ1v) is 34.9. The quantitative estimate of drug-likeness (QED) is 0.0512. The van der Waals surface area contributed by atoms with Crippen LogP contribution in [0.1, 0.15) is 27.2 Å². The average molecular weight is 1360 g/mol. The minimum atomic E-state index is -2.68. The summed E-state index contributed by atoms with van der Waals surface area (Å²) < 4.78 is 2.20. The van der Waals surface area contributed by atoms with Gasteiger partial charge in [0.2, 0.25) is 0 Å². The predicted molar refractivity (Wildman–Crippen MR) is 368 cm³/mol. The van der Waals surface area contributed by atoms with Crippen molar-refractivity contribution < 1.29 is 18.9 Å². The summed E-state index contributed by atoms with van der Waals surface area (Å²) in [7, 11) is -2.68. The van der Waals surface area contributed by atoms with Crippen molar-refractivity contribution in [2.45, 2.75) is 27.2 Å². The first kappa shape index (κ1) is 61.7. The van der Waals surface area contributed by atoms with Gasteiger partial charge in [0, 0.05) is 33.7 Å². The van der Waals surface area contributed by atoms with E-state index >= 15 is 0 Å². The van der Waals surface area contributed by atoms with E-state index in [0.717, 1.165) is 46.9 Å². The van der Waals surface area contributed by atoms with Gasteiger partial charge in [-0.05, 0) is 162 Å². The van der Waals surface area contributed by atoms with Crippen LogP contribution in [0.3, 0.4) is 0 Å². The number of halogens is 8. The second kappa shape index (κ2) is 27.4. The fourth-order valence-electron chi connectivity index (χ4n) is 10.7. The number of unbranched alkanes of at least 4 members (excludes halogenated alkanes) is 1. The Morgan fingerprint density at radius 3 is 1.29 bits per heavy atom. The van der Waals surface area contributed by atoms with Gasteiger partial charge in [0.05, 0.1) is 0 Å². The van der Waals surface area contributed by atoms with Crippen molar-refractivity contribution in [1.29, 1.82) is 0 Å². The molecule has 0 N–H and O–H groups in total. The third kappa shape index (κ3) is 12.2. The number of hydrogen-bond donors (Lipinski definition) is 0. The molecule has 0 atom stereocenters. The summed E-state index contributed by atoms with van der Waals surface area (Å²) in [6, 6.07) is 83.9. The van der Waals surface area contributed by atoms with Gasteiger partial charge in [-0.3, -0.25) is 0 Å². The van der Waals surface area contributed by atoms with Gasteiger partial charge < -0.3 is 6.92 Å². The largest absolute Gasteiger partial charge is 1.00 e. The van der Waals surface area contributed by atoms with Gasteiger partial charge in [0.15, 0.2) is 8.07 Å². The third-order valence-electron chi connectivity index (χ3n) is 14.2. The van der Waals surface area contributed by atoms with E-state index in [1.807, 2.05) is 97.1 Å². The molecule has 1 heterocycles. The van der Waals surface area contributed by atoms with E-state index in [1.54, 1.807) is 0 Å². The van der Waals surface area contributed by atoms with Crippen LogP contribution in [-0.4, -0.2) is 14.8 Å². The molecule has 0 unspecified atom stereocenters. The molecule has 0 saturated carbocycles. The fourth-order valence-corrected chi connectivity index (χ4v) is 21.7. The molecule has 80 heavy (non-hydrogen) atoms. The van der Waals surface area contributed by atoms with Gasteiger partial charge in [-0.15, -0.1) is 22.2 Å². The van der Waals surface area contributed by atoms with Crippen molar-refractivity contribution >= 4 is 196 Å². The van der Waals surface area contributed by atoms with E-state index in [1.165, 1.54) is 90.5 Å². The van der Waals surface area contributed by atoms with Gasteiger partial charge in [0.1, 0.15) is 0 Å². The van der Waals surface area contributed by atoms with Gasteiger partial charge in [-0.25, -0.2) is 0 Å². The zero-order chi connectivity index (χ0) is 54.6. The second-order valence-corrected chi connectivity index (χ2v) is 32.5. The van der Waals surface area contributed by atoms with E-state index < -0.39 is 14.8 Å². The smallest absolute Gasteiger partial charge is 0.343 e. The minimum absolute atomic E-state index is 0. The summed E-state index contributed by atoms with van der Waals surface area (Å²) in [5.41, 5.74) is 4.97. The molecule has 12 aromatic carbocycles. The SMILES string of the molecule is C.Cl[Si](Cl)(c1ccccc1)c1ccccc1.Clc1ccc(-c2c(I)c3ccc(Cl)cc3c3ccccc23)c(Br)c1.Clc1ccc2c(c1)[Si](c1ccccc1)(c1ccccc1)c1c-2c2ccccc2c2cc(Cl)ccc12.[CH2-]CCC.[Li+]. The Kier molecular flexibility index (Phi) is 21.1. The summed E-state index contributed by atoms with van der Waals surface area (Å²) in [4.78, 5) is 0. The Labute approximate surface area is 536 Å². The number of fused-ring (bicyclic) bond motifs is 11. The molecule has 0 nitrogen and oxygen atoms in total. The molecular weight excluding hydrogens is 1310 g/mol. The molecule has 1 aliphatic rings. The Balaban J connectivity index is 0.000000162. The van der Waals surface area contributed by atoms with E-state index in [9.17, 15) is 0 Å². The number of benzene rings is 12. The van der Waals surface area contributed by atoms with Crippen LogP contribution in [0.15, 0.2) is 247 Å². The van der Waals surface area contributed by atoms with E-state index in [-0.39, 0.29) is 26.3 Å². The molecule has 394 valence electrons. The summed E-state index contributed by atoms with van der Waals surface area (Å²) in [5, 5.41) is 20.3. The van der Waals surface area contributed by atoms with Crippen LogP contribution in [0.25, 0.3) is 65.3 Å². The van der Waals surface area contributed by atoms with Crippen molar-refractivity contribution in [2.24, 2.45) is 0 Å². The van der Waals surface area contributed by atoms with Crippen LogP contribution >= 0.6 is 107 Å². The van der Waals surface area contributed by atoms with E-state index in [4.69, 9.17) is 68.6 Å². The van der Waals surface area contributed by atoms with E-state index in [2.05, 4.69) is 198 Å². The Bertz CT molecular complexity index is 4030. The predicted octanol–water partition coefficient (Wildman–Crippen LogP) is 17.0. The summed E-state index contributed by atoms with van der Waals surface area (Å²) >= 11 is 44.8. The van der Waals surface area contributed by atoms with Crippen LogP contribution in [0.5, 0.6) is 0 Å². The van der Waals surface area contributed by atoms with Crippen molar-refractivity contribution in [3.8, 4) is 22.3 Å². The van der Waals surface area contributed by atoms with Crippen molar-refractivity contribution in [2.75, 3.05) is 0 Å². The van der Waals surface area contributed by atoms with Crippen LogP contribution in [0.2, 0.25) is 20.1 Å². The summed E-state index contributed by atoms with van der Waals surface area (Å²) in [5.74, 6) is 0. The molecule has 0 bridgehead atoms. The monoisotopic (exact) mass is 1360 g/mol. The van der Waals surface area contributed by atoms with Crippen LogP contribution in [-0.2, 0) is 0 Å². The standard InChI is InChI=1S/C32H20Cl2Si.C20H10BrCl2I.C12H10Cl2Si.C4H9.CH4.Li/c33-21-15-17-27-29(19-21)25-13-7-8-14-26(25)31-28-18-16-22(34)20-30(28)35(32(27)31,23-9-3-1-4-10-23)24-11-5-2-6-12-24;21-18-10-12(23)6-8-16(18)19-14-4-2-1-3-13(14)17-9-11(22)5-7-15(17)20(19)24;13-15(14,11-7-3-1-4-8-11)12-9-5-2-6-10-12;1-3-4-2;;/h1-20H;1-10H;1-10H;1,3-4H2,2H3;1H4;/q;;;-1;;+1. The molecule has 1 aliphatic heterocycles. The minimum Gasteiger partial charge on any atom is -0.343 e. The maximum atomic E-state index is 6.73. The maximum absolute atomic E-state index is 6.73. The molecule has 12 aromatic rings. The first-order chi connectivity index (χ1) is 37.9. The molecule has 0 spiro atoms. The molecule has 0 aromatic heterocycles. The topological polar surface area (TPSA) is 0 Å². The Morgan fingerprint density at radius 2 is 0.812 bits per heavy atom. The normalized spacial score (nSPS) is 11.9. The van der Waals surface area contributed by atoms with Crippen LogP contribution in [0.4, 0.5) is 0 Å². The van der Waals surface area contributed by atoms with Crippen LogP contribution in [0, 0.1) is 10.5 Å². The molecule has 0 amide bonds. The molecule has 11 heteroatoms. The molecule has 13 rings (SSSR count). The maximum Gasteiger partial charge on any atom is 1.00 e. The van der Waals surface area contributed by atoms with E-state index in [0.29, 0.717) is 0 Å². The van der Waals surface area contributed by atoms with Gasteiger partial charge >= 0.3 is 25.6 Å². The number of hydrogen-bond acceptors (Lipinski definition) is 0. The van der Waals surface area contributed by atoms with Gasteiger partial charge in [-0.1, -0.05) is 277 Å². The molecule has 0 fully saturated rings. The molecular formula is C69H53BrCl6ILiSi2. The Hall–Kier alpha value is -4.34. The summed E-state index contributed by atoms with van der Waals surface area (Å²) in [6.07, 6.45) is 2.28. The van der Waals surface area contributed by atoms with Crippen molar-refractivity contribution in [3.05, 3.63) is 278 Å². The number of rotatable bonds is 6. The zero-order valence-electron chi connectivity index (χ0n) is 43.2. The van der Waals surface area contributed by atoms with Crippen molar-refractivity contribution in [3.63, 3.8) is 0 Å². The van der Waals surface area contributed by atoms with Crippen molar-refractivity contribution in [1.82, 2.24) is 0 Å². The molecule has 0 radical (unpaired) electrons. The molecule has 0 aliphatic carbocycles. The summed E-state index contributed by atoms with van der Waals surface area (Å²) in [6.45, 7) is 3.21. The Morgan fingerprint density at radius 1 is 0.438 bits per heavy atom. The second-order valence-electron chi connectivity index (χ2n) is 18.9. The average Bonchev–Trinajstić information content (AvgIpc) is 3.96. The zero-order valence-corrected chi connectivity index (χ0v) is 53.5. The molecule has 0 saturated heterocycles.